The van der Waals surface area contributed by atoms with Crippen LogP contribution in [0.1, 0.15) is 37.2 Å². The third kappa shape index (κ3) is 3.11. The van der Waals surface area contributed by atoms with Gasteiger partial charge in [0.25, 0.3) is 0 Å². The fraction of sp³-hybridized carbons (Fsp3) is 0.368. The predicted octanol–water partition coefficient (Wildman–Crippen LogP) is 4.72. The molecule has 0 aliphatic carbocycles. The summed E-state index contributed by atoms with van der Waals surface area (Å²) in [6, 6.07) is 12.2. The van der Waals surface area contributed by atoms with Crippen molar-refractivity contribution in [1.29, 1.82) is 0 Å². The van der Waals surface area contributed by atoms with E-state index in [1.165, 1.54) is 0 Å². The summed E-state index contributed by atoms with van der Waals surface area (Å²) in [5, 5.41) is 2.30. The van der Waals surface area contributed by atoms with Crippen molar-refractivity contribution in [2.45, 2.75) is 31.2 Å². The van der Waals surface area contributed by atoms with Gasteiger partial charge in [-0.3, -0.25) is 9.98 Å². The van der Waals surface area contributed by atoms with E-state index in [1.807, 2.05) is 55.2 Å². The second-order valence-electron chi connectivity index (χ2n) is 6.26. The monoisotopic (exact) mass is 373 g/mol. The van der Waals surface area contributed by atoms with Crippen molar-refractivity contribution < 1.29 is 4.74 Å². The minimum absolute atomic E-state index is 0.00906. The lowest BCUT2D eigenvalue weighted by molar-refractivity contribution is 0.319. The minimum Gasteiger partial charge on any atom is -0.492 e. The summed E-state index contributed by atoms with van der Waals surface area (Å²) in [6.45, 7) is 5.79. The van der Waals surface area contributed by atoms with Crippen molar-refractivity contribution in [2.75, 3.05) is 13.2 Å². The molecule has 2 aromatic rings. The molecule has 130 valence electrons. The van der Waals surface area contributed by atoms with Crippen LogP contribution in [0.4, 0.5) is 0 Å². The van der Waals surface area contributed by atoms with Crippen LogP contribution in [0.15, 0.2) is 47.6 Å². The summed E-state index contributed by atoms with van der Waals surface area (Å²) in [7, 11) is 0. The van der Waals surface area contributed by atoms with Gasteiger partial charge in [-0.25, -0.2) is 0 Å². The van der Waals surface area contributed by atoms with Crippen molar-refractivity contribution in [1.82, 2.24) is 9.88 Å². The molecule has 3 atom stereocenters. The van der Waals surface area contributed by atoms with Crippen LogP contribution in [-0.4, -0.2) is 33.5 Å². The van der Waals surface area contributed by atoms with Crippen LogP contribution in [0.2, 0.25) is 5.02 Å². The summed E-state index contributed by atoms with van der Waals surface area (Å²) in [4.78, 5) is 11.9. The van der Waals surface area contributed by atoms with Crippen molar-refractivity contribution in [3.05, 3.63) is 58.9 Å². The fourth-order valence-corrected chi connectivity index (χ4v) is 4.79. The summed E-state index contributed by atoms with van der Waals surface area (Å²) >= 11 is 8.29. The van der Waals surface area contributed by atoms with Crippen LogP contribution < -0.4 is 4.74 Å². The van der Waals surface area contributed by atoms with E-state index in [1.54, 1.807) is 0 Å². The van der Waals surface area contributed by atoms with Gasteiger partial charge in [0, 0.05) is 18.0 Å². The quantitative estimate of drug-likeness (QED) is 0.776. The Kier molecular flexibility index (Phi) is 4.61. The normalized spacial score (nSPS) is 25.0. The molecule has 0 amide bonds. The third-order valence-electron chi connectivity index (χ3n) is 4.48. The van der Waals surface area contributed by atoms with Gasteiger partial charge in [-0.1, -0.05) is 42.4 Å². The lowest BCUT2D eigenvalue weighted by Gasteiger charge is -2.27. The van der Waals surface area contributed by atoms with Crippen molar-refractivity contribution in [3.8, 4) is 5.75 Å². The molecule has 25 heavy (non-hydrogen) atoms. The standard InChI is InChI=1S/C19H20ClN3OS/c1-3-24-16-8-7-13(10-14(16)20)18-17(15-6-4-5-9-21-15)22-19-23(18)11-12(2)25-19/h4-10,12,17-18H,3,11H2,1-2H3/t12-,17+,18+/m0/s1. The van der Waals surface area contributed by atoms with E-state index < -0.39 is 0 Å². The average molecular weight is 374 g/mol. The van der Waals surface area contributed by atoms with Gasteiger partial charge >= 0.3 is 0 Å². The van der Waals surface area contributed by atoms with E-state index in [0.717, 1.165) is 28.7 Å². The highest BCUT2D eigenvalue weighted by molar-refractivity contribution is 8.14. The molecule has 4 rings (SSSR count). The summed E-state index contributed by atoms with van der Waals surface area (Å²) in [6.07, 6.45) is 1.83. The van der Waals surface area contributed by atoms with Crippen LogP contribution in [0, 0.1) is 0 Å². The number of benzene rings is 1. The molecule has 2 aliphatic rings. The second kappa shape index (κ2) is 6.89. The Hall–Kier alpha value is -1.72. The van der Waals surface area contributed by atoms with Crippen LogP contribution in [0.25, 0.3) is 0 Å². The first-order valence-corrected chi connectivity index (χ1v) is 9.77. The molecule has 1 saturated heterocycles. The number of pyridine rings is 1. The van der Waals surface area contributed by atoms with Gasteiger partial charge in [0.2, 0.25) is 0 Å². The molecule has 0 spiro atoms. The van der Waals surface area contributed by atoms with E-state index in [9.17, 15) is 0 Å². The van der Waals surface area contributed by atoms with Gasteiger partial charge in [-0.05, 0) is 36.8 Å². The van der Waals surface area contributed by atoms with Crippen molar-refractivity contribution in [3.63, 3.8) is 0 Å². The predicted molar refractivity (Wildman–Crippen MR) is 104 cm³/mol. The molecule has 0 N–H and O–H groups in total. The second-order valence-corrected chi connectivity index (χ2v) is 8.07. The Morgan fingerprint density at radius 1 is 1.32 bits per heavy atom. The zero-order chi connectivity index (χ0) is 17.4. The summed E-state index contributed by atoms with van der Waals surface area (Å²) in [5.41, 5.74) is 2.14. The SMILES string of the molecule is CCOc1ccc([C@@H]2[C@@H](c3ccccn3)N=C3S[C@@H](C)CN32)cc1Cl. The van der Waals surface area contributed by atoms with Crippen LogP contribution in [-0.2, 0) is 0 Å². The van der Waals surface area contributed by atoms with E-state index >= 15 is 0 Å². The molecule has 4 nitrogen and oxygen atoms in total. The number of ether oxygens (including phenoxy) is 1. The zero-order valence-electron chi connectivity index (χ0n) is 14.2. The zero-order valence-corrected chi connectivity index (χ0v) is 15.8. The molecule has 1 fully saturated rings. The molecule has 0 saturated carbocycles. The molecule has 0 unspecified atom stereocenters. The number of halogens is 1. The largest absolute Gasteiger partial charge is 0.492 e. The maximum absolute atomic E-state index is 6.45. The number of hydrogen-bond acceptors (Lipinski definition) is 5. The Balaban J connectivity index is 1.73. The average Bonchev–Trinajstić information content (AvgIpc) is 3.13. The highest BCUT2D eigenvalue weighted by Gasteiger charge is 2.43. The van der Waals surface area contributed by atoms with E-state index in [4.69, 9.17) is 21.3 Å². The Morgan fingerprint density at radius 3 is 2.92 bits per heavy atom. The van der Waals surface area contributed by atoms with Gasteiger partial charge in [0.05, 0.1) is 23.4 Å². The van der Waals surface area contributed by atoms with Gasteiger partial charge < -0.3 is 9.64 Å². The van der Waals surface area contributed by atoms with E-state index in [-0.39, 0.29) is 12.1 Å². The van der Waals surface area contributed by atoms with E-state index in [0.29, 0.717) is 16.9 Å². The number of hydrogen-bond donors (Lipinski definition) is 0. The molecule has 0 radical (unpaired) electrons. The smallest absolute Gasteiger partial charge is 0.160 e. The van der Waals surface area contributed by atoms with Crippen molar-refractivity contribution in [2.24, 2.45) is 4.99 Å². The van der Waals surface area contributed by atoms with Gasteiger partial charge in [-0.2, -0.15) is 0 Å². The number of aromatic nitrogens is 1. The number of amidine groups is 1. The molecule has 6 heteroatoms. The molecular weight excluding hydrogens is 354 g/mol. The minimum atomic E-state index is -0.00906. The molecular formula is C19H20ClN3OS. The fourth-order valence-electron chi connectivity index (χ4n) is 3.45. The first-order chi connectivity index (χ1) is 12.2. The number of nitrogens with zero attached hydrogens (tertiary/aromatic N) is 3. The van der Waals surface area contributed by atoms with Crippen LogP contribution >= 0.6 is 23.4 Å². The number of rotatable bonds is 4. The Bertz CT molecular complexity index is 799. The molecule has 3 heterocycles. The van der Waals surface area contributed by atoms with Gasteiger partial charge in [-0.15, -0.1) is 0 Å². The molecule has 2 aliphatic heterocycles. The summed E-state index contributed by atoms with van der Waals surface area (Å²) < 4.78 is 5.58. The molecule has 1 aromatic carbocycles. The first-order valence-electron chi connectivity index (χ1n) is 8.51. The highest BCUT2D eigenvalue weighted by Crippen LogP contribution is 2.48. The van der Waals surface area contributed by atoms with E-state index in [2.05, 4.69) is 22.9 Å². The number of aliphatic imine (C=N–C) groups is 1. The summed E-state index contributed by atoms with van der Waals surface area (Å²) in [5.74, 6) is 0.727. The van der Waals surface area contributed by atoms with Gasteiger partial charge in [0.1, 0.15) is 11.8 Å². The lowest BCUT2D eigenvalue weighted by Crippen LogP contribution is -2.28. The van der Waals surface area contributed by atoms with Crippen LogP contribution in [0.5, 0.6) is 5.75 Å². The number of fused-ring (bicyclic) bond motifs is 1. The van der Waals surface area contributed by atoms with Crippen molar-refractivity contribution >= 4 is 28.5 Å². The number of thioether (sulfide) groups is 1. The van der Waals surface area contributed by atoms with Crippen LogP contribution in [0.3, 0.4) is 0 Å². The maximum Gasteiger partial charge on any atom is 0.160 e. The maximum atomic E-state index is 6.45. The third-order valence-corrected chi connectivity index (χ3v) is 5.88. The molecule has 1 aromatic heterocycles. The Labute approximate surface area is 157 Å². The first kappa shape index (κ1) is 16.7. The highest BCUT2D eigenvalue weighted by atomic mass is 35.5. The topological polar surface area (TPSA) is 37.7 Å². The van der Waals surface area contributed by atoms with Gasteiger partial charge in [0.15, 0.2) is 5.17 Å². The molecule has 0 bridgehead atoms. The lowest BCUT2D eigenvalue weighted by atomic mass is 9.96. The Morgan fingerprint density at radius 2 is 2.20 bits per heavy atom.